The van der Waals surface area contributed by atoms with Crippen LogP contribution in [0.3, 0.4) is 0 Å². The minimum atomic E-state index is -0.147. The van der Waals surface area contributed by atoms with E-state index in [1.807, 2.05) is 66.7 Å². The molecule has 7 heteroatoms. The summed E-state index contributed by atoms with van der Waals surface area (Å²) >= 11 is 0.871. The van der Waals surface area contributed by atoms with Crippen molar-refractivity contribution in [2.75, 3.05) is 0 Å². The molecule has 0 radical (unpaired) electrons. The van der Waals surface area contributed by atoms with Crippen LogP contribution < -0.4 is 11.5 Å². The van der Waals surface area contributed by atoms with Gasteiger partial charge < -0.3 is 11.5 Å². The lowest BCUT2D eigenvalue weighted by atomic mass is 9.96. The molecule has 0 unspecified atom stereocenters. The van der Waals surface area contributed by atoms with Crippen molar-refractivity contribution in [3.05, 3.63) is 84.2 Å². The monoisotopic (exact) mass is 412 g/mol. The van der Waals surface area contributed by atoms with E-state index >= 15 is 0 Å². The number of fused-ring (bicyclic) bond motifs is 1. The maximum atomic E-state index is 8.32. The molecule has 0 saturated carbocycles. The van der Waals surface area contributed by atoms with Crippen LogP contribution in [-0.2, 0) is 6.54 Å². The van der Waals surface area contributed by atoms with Gasteiger partial charge in [-0.25, -0.2) is 4.98 Å². The van der Waals surface area contributed by atoms with Crippen LogP contribution in [0.25, 0.3) is 33.3 Å². The fourth-order valence-corrected chi connectivity index (χ4v) is 3.77. The van der Waals surface area contributed by atoms with Crippen LogP contribution in [-0.4, -0.2) is 20.2 Å². The standard InChI is InChI=1S/C23H20N6S/c24-13-14-6-8-16(9-7-14)20-17(15-4-2-1-3-5-15)12-18-19(29-20)10-11-28-21(18)22(25)30-23(26)27/h1-12,25H,13,24H2,(H3,26,27). The number of nitrogens with zero attached hydrogens (tertiary/aromatic N) is 2. The van der Waals surface area contributed by atoms with Crippen molar-refractivity contribution in [2.24, 2.45) is 11.5 Å². The van der Waals surface area contributed by atoms with Gasteiger partial charge in [-0.1, -0.05) is 54.6 Å². The van der Waals surface area contributed by atoms with Gasteiger partial charge >= 0.3 is 0 Å². The molecule has 0 bridgehead atoms. The highest BCUT2D eigenvalue weighted by molar-refractivity contribution is 8.26. The van der Waals surface area contributed by atoms with Gasteiger partial charge in [0.25, 0.3) is 0 Å². The maximum Gasteiger partial charge on any atom is 0.157 e. The number of rotatable bonds is 4. The summed E-state index contributed by atoms with van der Waals surface area (Å²) in [6.07, 6.45) is 1.63. The molecular formula is C23H20N6S. The van der Waals surface area contributed by atoms with Gasteiger partial charge in [-0.2, -0.15) is 0 Å². The third-order valence-corrected chi connectivity index (χ3v) is 5.34. The molecule has 0 amide bonds. The largest absolute Gasteiger partial charge is 0.378 e. The number of hydrogen-bond donors (Lipinski definition) is 4. The van der Waals surface area contributed by atoms with Gasteiger partial charge in [0.2, 0.25) is 0 Å². The lowest BCUT2D eigenvalue weighted by Crippen LogP contribution is -2.10. The van der Waals surface area contributed by atoms with Gasteiger partial charge in [0.05, 0.1) is 11.2 Å². The van der Waals surface area contributed by atoms with Crippen LogP contribution >= 0.6 is 11.8 Å². The topological polar surface area (TPSA) is 126 Å². The molecule has 2 aromatic heterocycles. The minimum absolute atomic E-state index is 0.119. The van der Waals surface area contributed by atoms with E-state index in [9.17, 15) is 0 Å². The normalized spacial score (nSPS) is 10.8. The van der Waals surface area contributed by atoms with E-state index in [0.717, 1.165) is 50.6 Å². The summed E-state index contributed by atoms with van der Waals surface area (Å²) in [6, 6.07) is 21.9. The second-order valence-corrected chi connectivity index (χ2v) is 7.73. The number of benzene rings is 2. The molecule has 2 heterocycles. The Morgan fingerprint density at radius 3 is 2.33 bits per heavy atom. The first-order valence-electron chi connectivity index (χ1n) is 9.32. The predicted molar refractivity (Wildman–Crippen MR) is 125 cm³/mol. The van der Waals surface area contributed by atoms with Crippen molar-refractivity contribution >= 4 is 32.9 Å². The van der Waals surface area contributed by atoms with E-state index < -0.39 is 0 Å². The van der Waals surface area contributed by atoms with Crippen molar-refractivity contribution in [3.63, 3.8) is 0 Å². The summed E-state index contributed by atoms with van der Waals surface area (Å²) in [5, 5.41) is 16.5. The number of pyridine rings is 2. The third kappa shape index (κ3) is 3.94. The smallest absolute Gasteiger partial charge is 0.157 e. The molecule has 6 nitrogen and oxygen atoms in total. The molecule has 0 atom stereocenters. The summed E-state index contributed by atoms with van der Waals surface area (Å²) < 4.78 is 0. The third-order valence-electron chi connectivity index (χ3n) is 4.72. The number of nitrogens with two attached hydrogens (primary N) is 2. The molecule has 0 aliphatic carbocycles. The Hall–Kier alpha value is -3.55. The first-order valence-corrected chi connectivity index (χ1v) is 10.1. The number of nitrogens with one attached hydrogen (secondary N) is 2. The molecule has 0 aliphatic heterocycles. The fraction of sp³-hybridized carbons (Fsp3) is 0.0435. The number of hydrogen-bond acceptors (Lipinski definition) is 6. The van der Waals surface area contributed by atoms with E-state index in [1.54, 1.807) is 6.20 Å². The average molecular weight is 413 g/mol. The predicted octanol–water partition coefficient (Wildman–Crippen LogP) is 4.37. The second-order valence-electron chi connectivity index (χ2n) is 6.67. The molecule has 148 valence electrons. The number of amidine groups is 1. The summed E-state index contributed by atoms with van der Waals surface area (Å²) in [4.78, 5) is 9.31. The number of aromatic nitrogens is 2. The highest BCUT2D eigenvalue weighted by Gasteiger charge is 2.16. The minimum Gasteiger partial charge on any atom is -0.378 e. The van der Waals surface area contributed by atoms with E-state index in [0.29, 0.717) is 12.2 Å². The zero-order chi connectivity index (χ0) is 21.1. The molecule has 4 aromatic rings. The van der Waals surface area contributed by atoms with Crippen molar-refractivity contribution in [3.8, 4) is 22.4 Å². The summed E-state index contributed by atoms with van der Waals surface area (Å²) in [7, 11) is 0. The quantitative estimate of drug-likeness (QED) is 0.292. The Kier molecular flexibility index (Phi) is 5.56. The lowest BCUT2D eigenvalue weighted by molar-refractivity contribution is 1.07. The maximum absolute atomic E-state index is 8.32. The summed E-state index contributed by atoms with van der Waals surface area (Å²) in [5.41, 5.74) is 17.3. The van der Waals surface area contributed by atoms with Crippen LogP contribution in [0.15, 0.2) is 72.9 Å². The molecule has 6 N–H and O–H groups in total. The van der Waals surface area contributed by atoms with Gasteiger partial charge in [0.15, 0.2) is 5.17 Å². The zero-order valence-corrected chi connectivity index (χ0v) is 16.9. The SMILES string of the molecule is N=C(N)SC(=N)c1nccc2nc(-c3ccc(CN)cc3)c(-c3ccccc3)cc12. The number of thioether (sulfide) groups is 1. The Morgan fingerprint density at radius 2 is 1.67 bits per heavy atom. The van der Waals surface area contributed by atoms with Crippen LogP contribution in [0.4, 0.5) is 0 Å². The molecule has 2 aromatic carbocycles. The molecule has 30 heavy (non-hydrogen) atoms. The van der Waals surface area contributed by atoms with Crippen molar-refractivity contribution in [2.45, 2.75) is 6.54 Å². The Balaban J connectivity index is 1.96. The average Bonchev–Trinajstić information content (AvgIpc) is 2.78. The Bertz CT molecular complexity index is 1240. The summed E-state index contributed by atoms with van der Waals surface area (Å²) in [6.45, 7) is 0.488. The lowest BCUT2D eigenvalue weighted by Gasteiger charge is -2.14. The van der Waals surface area contributed by atoms with E-state index in [1.165, 1.54) is 0 Å². The Morgan fingerprint density at radius 1 is 0.933 bits per heavy atom. The van der Waals surface area contributed by atoms with Crippen LogP contribution in [0.2, 0.25) is 0 Å². The molecule has 0 fully saturated rings. The highest BCUT2D eigenvalue weighted by Crippen LogP contribution is 2.34. The molecule has 0 saturated heterocycles. The van der Waals surface area contributed by atoms with Crippen molar-refractivity contribution < 1.29 is 0 Å². The highest BCUT2D eigenvalue weighted by atomic mass is 32.2. The first kappa shape index (κ1) is 19.8. The van der Waals surface area contributed by atoms with Crippen LogP contribution in [0.5, 0.6) is 0 Å². The second kappa shape index (κ2) is 8.44. The molecule has 4 rings (SSSR count). The van der Waals surface area contributed by atoms with Gasteiger partial charge in [-0.15, -0.1) is 0 Å². The summed E-state index contributed by atoms with van der Waals surface area (Å²) in [5.74, 6) is 0. The van der Waals surface area contributed by atoms with E-state index in [-0.39, 0.29) is 10.2 Å². The first-order chi connectivity index (χ1) is 14.6. The van der Waals surface area contributed by atoms with Crippen LogP contribution in [0, 0.1) is 10.8 Å². The van der Waals surface area contributed by atoms with E-state index in [2.05, 4.69) is 4.98 Å². The zero-order valence-electron chi connectivity index (χ0n) is 16.1. The van der Waals surface area contributed by atoms with E-state index in [4.69, 9.17) is 27.3 Å². The van der Waals surface area contributed by atoms with Crippen molar-refractivity contribution in [1.29, 1.82) is 10.8 Å². The molecular weight excluding hydrogens is 392 g/mol. The fourth-order valence-electron chi connectivity index (χ4n) is 3.29. The van der Waals surface area contributed by atoms with Crippen molar-refractivity contribution in [1.82, 2.24) is 9.97 Å². The Labute approximate surface area is 178 Å². The molecule has 0 aliphatic rings. The van der Waals surface area contributed by atoms with Gasteiger partial charge in [0, 0.05) is 29.3 Å². The van der Waals surface area contributed by atoms with Gasteiger partial charge in [0.1, 0.15) is 10.7 Å². The van der Waals surface area contributed by atoms with Gasteiger partial charge in [-0.3, -0.25) is 15.8 Å². The molecule has 0 spiro atoms. The van der Waals surface area contributed by atoms with Gasteiger partial charge in [-0.05, 0) is 35.0 Å². The van der Waals surface area contributed by atoms with Crippen LogP contribution in [0.1, 0.15) is 11.3 Å².